The number of carbonyl (C=O) groups excluding carboxylic acids is 4. The van der Waals surface area contributed by atoms with Crippen molar-refractivity contribution >= 4 is 67.3 Å². The lowest BCUT2D eigenvalue weighted by Crippen LogP contribution is -2.65. The standard InChI is InChI=1S/C29H37BN2O6.C19H23BN2O6.C4H11BO2.CH4/c1-5-26(33)32-12-8-9-20(32)17-36-27(34)31-25(13-18-16-35-22-11-7-6-10-21(18)22)30-37-24-15-19-14-23(28(19,2)3)29(24,4)38-30;1-2-18(23)22-9-5-6-14(22)12-28-19(24)21-17(20(25)26)10-13-11-27-16-8-4-3-7-15(13)16;1-4(2)3-5(6)7;/h5-7,10-11,16,19-20,23-25H,1,8-9,12-15,17H2,2-4H3,(H,31,34);2-4,7-8,11,14,17,25-26H,1,5-6,9-10,12H2,(H,21,24);4,6-7H,3H2,1-2H3;1H4/t19-,20+,23-,24+,25-,29-;14-,17+;;/m01../s1. The number of hydrogen-bond acceptors (Lipinski definition) is 14. The zero-order chi connectivity index (χ0) is 52.6. The smallest absolute Gasteiger partial charge is 0.464 e. The van der Waals surface area contributed by atoms with E-state index in [4.69, 9.17) is 37.7 Å². The van der Waals surface area contributed by atoms with Crippen LogP contribution in [0.15, 0.2) is 95.2 Å². The Balaban J connectivity index is 0.000000219. The summed E-state index contributed by atoms with van der Waals surface area (Å²) < 4.78 is 35.3. The summed E-state index contributed by atoms with van der Waals surface area (Å²) >= 11 is 0. The van der Waals surface area contributed by atoms with Crippen LogP contribution >= 0.6 is 0 Å². The summed E-state index contributed by atoms with van der Waals surface area (Å²) in [6.45, 7) is 19.2. The SMILES string of the molecule is C.C=CC(=O)N1CCC[C@@H]1COC(=O)N[C@@H](Cc1coc2ccccc12)B(O)O.C=CC(=O)N1CCC[C@@H]1COC(=O)N[C@@H](Cc1coc2ccccc12)B1O[C@@H]2C[C@@H]3C[C@@H](C3(C)C)[C@]2(C)O1.CC(C)CB(O)O. The number of nitrogens with one attached hydrogen (secondary N) is 2. The summed E-state index contributed by atoms with van der Waals surface area (Å²) in [7, 11) is -3.50. The number of para-hydroxylation sites is 2. The van der Waals surface area contributed by atoms with E-state index >= 15 is 0 Å². The molecule has 3 aliphatic heterocycles. The lowest BCUT2D eigenvalue weighted by molar-refractivity contribution is -0.199. The summed E-state index contributed by atoms with van der Waals surface area (Å²) in [5, 5.41) is 43.2. The average Bonchev–Trinajstić information content (AvgIpc) is 4.22. The molecular formula is C53H75B3N4O14. The Kier molecular flexibility index (Phi) is 19.7. The van der Waals surface area contributed by atoms with Crippen LogP contribution < -0.4 is 10.6 Å². The van der Waals surface area contributed by atoms with Gasteiger partial charge in [-0.15, -0.1) is 0 Å². The first kappa shape index (κ1) is 57.7. The Morgan fingerprint density at radius 3 is 1.78 bits per heavy atom. The first-order chi connectivity index (χ1) is 34.8. The fraction of sp³-hybridized carbons (Fsp3) is 0.547. The maximum atomic E-state index is 13.1. The fourth-order valence-corrected chi connectivity index (χ4v) is 11.4. The zero-order valence-corrected chi connectivity index (χ0v) is 42.7. The van der Waals surface area contributed by atoms with Crippen LogP contribution in [0, 0.1) is 23.2 Å². The van der Waals surface area contributed by atoms with Gasteiger partial charge in [-0.05, 0) is 123 Å². The molecule has 2 aromatic carbocycles. The summed E-state index contributed by atoms with van der Waals surface area (Å²) in [6.07, 6.45) is 11.0. The van der Waals surface area contributed by atoms with Crippen molar-refractivity contribution in [3.63, 3.8) is 0 Å². The quantitative estimate of drug-likeness (QED) is 0.0517. The predicted octanol–water partition coefficient (Wildman–Crippen LogP) is 6.53. The monoisotopic (exact) mass is 1020 g/mol. The van der Waals surface area contributed by atoms with Crippen molar-refractivity contribution in [1.29, 1.82) is 0 Å². The van der Waals surface area contributed by atoms with Crippen LogP contribution in [0.25, 0.3) is 21.9 Å². The fourth-order valence-electron chi connectivity index (χ4n) is 11.4. The van der Waals surface area contributed by atoms with Crippen LogP contribution in [0.3, 0.4) is 0 Å². The van der Waals surface area contributed by atoms with Crippen LogP contribution in [0.2, 0.25) is 6.32 Å². The molecule has 21 heteroatoms. The average molecular weight is 1020 g/mol. The molecule has 3 saturated carbocycles. The van der Waals surface area contributed by atoms with Gasteiger partial charge in [0.05, 0.1) is 48.2 Å². The normalized spacial score (nSPS) is 23.9. The van der Waals surface area contributed by atoms with Crippen molar-refractivity contribution in [3.05, 3.63) is 97.5 Å². The molecule has 2 aromatic heterocycles. The van der Waals surface area contributed by atoms with E-state index in [1.54, 1.807) is 16.1 Å². The van der Waals surface area contributed by atoms with Crippen LogP contribution in [0.5, 0.6) is 0 Å². The number of nitrogens with zero attached hydrogens (tertiary/aromatic N) is 2. The third kappa shape index (κ3) is 13.4. The van der Waals surface area contributed by atoms with Crippen molar-refractivity contribution in [2.75, 3.05) is 26.3 Å². The molecule has 6 N–H and O–H groups in total. The third-order valence-electron chi connectivity index (χ3n) is 15.4. The number of carbonyl (C=O) groups is 4. The van der Waals surface area contributed by atoms with Gasteiger partial charge in [0.2, 0.25) is 11.8 Å². The molecule has 2 bridgehead atoms. The number of hydrogen-bond donors (Lipinski definition) is 6. The first-order valence-electron chi connectivity index (χ1n) is 25.5. The molecule has 400 valence electrons. The molecule has 4 amide bonds. The Labute approximate surface area is 435 Å². The second kappa shape index (κ2) is 25.3. The molecule has 4 aromatic rings. The second-order valence-corrected chi connectivity index (χ2v) is 21.0. The van der Waals surface area contributed by atoms with Gasteiger partial charge in [-0.2, -0.15) is 0 Å². The first-order valence-corrected chi connectivity index (χ1v) is 25.5. The lowest BCUT2D eigenvalue weighted by atomic mass is 9.43. The molecule has 18 nitrogen and oxygen atoms in total. The van der Waals surface area contributed by atoms with E-state index in [-0.39, 0.29) is 68.1 Å². The van der Waals surface area contributed by atoms with Crippen molar-refractivity contribution in [2.24, 2.45) is 23.2 Å². The minimum atomic E-state index is -1.77. The van der Waals surface area contributed by atoms with Crippen molar-refractivity contribution < 1.29 is 66.9 Å². The molecule has 0 radical (unpaired) electrons. The summed E-state index contributed by atoms with van der Waals surface area (Å²) in [4.78, 5) is 52.5. The van der Waals surface area contributed by atoms with Gasteiger partial charge in [-0.25, -0.2) is 9.59 Å². The van der Waals surface area contributed by atoms with Crippen molar-refractivity contribution in [1.82, 2.24) is 20.4 Å². The highest BCUT2D eigenvalue weighted by Gasteiger charge is 2.68. The Morgan fingerprint density at radius 1 is 0.797 bits per heavy atom. The molecule has 6 aliphatic rings. The van der Waals surface area contributed by atoms with Crippen LogP contribution in [0.4, 0.5) is 9.59 Å². The molecule has 74 heavy (non-hydrogen) atoms. The molecule has 0 spiro atoms. The topological polar surface area (TPSA) is 243 Å². The van der Waals surface area contributed by atoms with E-state index in [1.807, 2.05) is 62.4 Å². The van der Waals surface area contributed by atoms with E-state index in [0.29, 0.717) is 49.2 Å². The van der Waals surface area contributed by atoms with Gasteiger partial charge in [0.15, 0.2) is 0 Å². The van der Waals surface area contributed by atoms with E-state index in [9.17, 15) is 29.2 Å². The van der Waals surface area contributed by atoms with Crippen LogP contribution in [-0.4, -0.2) is 137 Å². The minimum Gasteiger partial charge on any atom is -0.464 e. The van der Waals surface area contributed by atoms with E-state index in [2.05, 4.69) is 44.6 Å². The number of rotatable bonds is 16. The highest BCUT2D eigenvalue weighted by molar-refractivity contribution is 6.48. The molecule has 3 saturated heterocycles. The number of alkyl carbamates (subject to hydrolysis) is 2. The largest absolute Gasteiger partial charge is 0.482 e. The number of likely N-dealkylation sites (tertiary alicyclic amines) is 2. The minimum absolute atomic E-state index is 0. The molecule has 3 aliphatic carbocycles. The number of benzene rings is 2. The van der Waals surface area contributed by atoms with Crippen molar-refractivity contribution in [3.8, 4) is 0 Å². The number of ether oxygens (including phenoxy) is 2. The number of fused-ring (bicyclic) bond motifs is 2. The zero-order valence-electron chi connectivity index (χ0n) is 42.7. The Hall–Kier alpha value is -5.57. The third-order valence-corrected chi connectivity index (χ3v) is 15.4. The van der Waals surface area contributed by atoms with Gasteiger partial charge < -0.3 is 68.1 Å². The molecule has 0 unspecified atom stereocenters. The summed E-state index contributed by atoms with van der Waals surface area (Å²) in [5.74, 6) is -0.339. The van der Waals surface area contributed by atoms with Crippen LogP contribution in [-0.2, 0) is 41.2 Å². The summed E-state index contributed by atoms with van der Waals surface area (Å²) in [6, 6.07) is 14.9. The van der Waals surface area contributed by atoms with E-state index in [1.165, 1.54) is 18.4 Å². The van der Waals surface area contributed by atoms with Gasteiger partial charge in [-0.1, -0.05) is 84.7 Å². The highest BCUT2D eigenvalue weighted by Crippen LogP contribution is 2.65. The van der Waals surface area contributed by atoms with Gasteiger partial charge in [0.1, 0.15) is 24.4 Å². The maximum Gasteiger partial charge on any atom is 0.482 e. The molecule has 6 fully saturated rings. The van der Waals surface area contributed by atoms with Crippen molar-refractivity contribution in [2.45, 2.75) is 135 Å². The van der Waals surface area contributed by atoms with Gasteiger partial charge >= 0.3 is 33.5 Å². The predicted molar refractivity (Wildman–Crippen MR) is 283 cm³/mol. The van der Waals surface area contributed by atoms with E-state index in [0.717, 1.165) is 66.0 Å². The van der Waals surface area contributed by atoms with Gasteiger partial charge in [-0.3, -0.25) is 9.59 Å². The highest BCUT2D eigenvalue weighted by atomic mass is 16.7. The molecule has 10 rings (SSSR count). The number of amides is 4. The lowest BCUT2D eigenvalue weighted by Gasteiger charge is -2.64. The Morgan fingerprint density at radius 2 is 1.31 bits per heavy atom. The van der Waals surface area contributed by atoms with Gasteiger partial charge in [0.25, 0.3) is 0 Å². The van der Waals surface area contributed by atoms with Crippen LogP contribution in [0.1, 0.15) is 91.7 Å². The second-order valence-electron chi connectivity index (χ2n) is 21.0. The Bertz CT molecular complexity index is 2550. The number of furan rings is 2. The van der Waals surface area contributed by atoms with E-state index < -0.39 is 45.4 Å². The molecular weight excluding hydrogens is 949 g/mol. The molecule has 5 heterocycles. The summed E-state index contributed by atoms with van der Waals surface area (Å²) in [5.41, 5.74) is 3.03. The molecule has 8 atom stereocenters. The maximum absolute atomic E-state index is 13.1. The van der Waals surface area contributed by atoms with Gasteiger partial charge in [0, 0.05) is 23.9 Å².